The molecule has 0 N–H and O–H groups in total. The fraction of sp³-hybridized carbons (Fsp3) is 0.667. The average molecular weight is 749 g/mol. The number of esters is 2. The van der Waals surface area contributed by atoms with Crippen molar-refractivity contribution in [3.8, 4) is 0 Å². The van der Waals surface area contributed by atoms with E-state index in [1.165, 1.54) is 35.1 Å². The standard InChI is InChI=1S/C25H36O3.C23H40O3/c1-18(2)20(4)16-19(3)13-14-24-21(5)17-23(28-24)12-9-15-27-25(26)22-10-7-6-8-11-22;1-16(2)18(4)14-17(3)11-12-21-19(5)15-20(26-21)10-9-13-25-22(24)23(6,7)8/h6-8,10-11,19-20,23-24H,1,5,9,12-17H2,2-4H3;17-18,20-21H,1,5,9-15H2,2-4,6-8H3/t19-,20-,23+,24?;17-,18-,20+,21?/m11/s1. The third kappa shape index (κ3) is 18.1. The minimum atomic E-state index is -0.429. The quantitative estimate of drug-likeness (QED) is 0.0708. The molecule has 8 atom stereocenters. The van der Waals surface area contributed by atoms with Crippen LogP contribution in [0.4, 0.5) is 0 Å². The second kappa shape index (κ2) is 23.8. The Labute approximate surface area is 330 Å². The van der Waals surface area contributed by atoms with Gasteiger partial charge in [0.25, 0.3) is 0 Å². The zero-order chi connectivity index (χ0) is 40.4. The van der Waals surface area contributed by atoms with Crippen LogP contribution in [0.25, 0.3) is 0 Å². The highest BCUT2D eigenvalue weighted by atomic mass is 16.5. The summed E-state index contributed by atoms with van der Waals surface area (Å²) < 4.78 is 23.1. The van der Waals surface area contributed by atoms with Crippen molar-refractivity contribution in [1.29, 1.82) is 0 Å². The number of hydrogen-bond acceptors (Lipinski definition) is 6. The summed E-state index contributed by atoms with van der Waals surface area (Å²) in [6, 6.07) is 9.12. The number of hydrogen-bond donors (Lipinski definition) is 0. The zero-order valence-electron chi connectivity index (χ0n) is 35.7. The smallest absolute Gasteiger partial charge is 0.338 e. The molecule has 304 valence electrons. The van der Waals surface area contributed by atoms with Gasteiger partial charge in [0, 0.05) is 0 Å². The van der Waals surface area contributed by atoms with Gasteiger partial charge in [-0.1, -0.05) is 83.4 Å². The highest BCUT2D eigenvalue weighted by Crippen LogP contribution is 2.33. The van der Waals surface area contributed by atoms with E-state index < -0.39 is 5.41 Å². The van der Waals surface area contributed by atoms with Crippen LogP contribution in [0.15, 0.2) is 78.9 Å². The summed E-state index contributed by atoms with van der Waals surface area (Å²) in [6.07, 6.45) is 13.0. The second-order valence-electron chi connectivity index (χ2n) is 17.7. The molecule has 1 aromatic carbocycles. The van der Waals surface area contributed by atoms with E-state index in [0.29, 0.717) is 42.4 Å². The van der Waals surface area contributed by atoms with E-state index in [4.69, 9.17) is 18.9 Å². The molecule has 0 aromatic heterocycles. The number of carbonyl (C=O) groups excluding carboxylic acids is 2. The number of rotatable bonds is 21. The molecule has 2 unspecified atom stereocenters. The lowest BCUT2D eigenvalue weighted by molar-refractivity contribution is -0.153. The van der Waals surface area contributed by atoms with Crippen LogP contribution in [-0.2, 0) is 23.7 Å². The summed E-state index contributed by atoms with van der Waals surface area (Å²) >= 11 is 0. The Balaban J connectivity index is 0.000000375. The van der Waals surface area contributed by atoms with Gasteiger partial charge in [-0.2, -0.15) is 0 Å². The first-order valence-electron chi connectivity index (χ1n) is 20.7. The van der Waals surface area contributed by atoms with Crippen molar-refractivity contribution in [2.24, 2.45) is 29.1 Å². The Morgan fingerprint density at radius 1 is 0.722 bits per heavy atom. The molecule has 0 aliphatic carbocycles. The van der Waals surface area contributed by atoms with Crippen molar-refractivity contribution in [3.63, 3.8) is 0 Å². The molecule has 0 saturated carbocycles. The summed E-state index contributed by atoms with van der Waals surface area (Å²) in [5, 5.41) is 0. The molecule has 2 fully saturated rings. The van der Waals surface area contributed by atoms with Gasteiger partial charge in [0.2, 0.25) is 0 Å². The van der Waals surface area contributed by atoms with E-state index in [0.717, 1.165) is 64.2 Å². The largest absolute Gasteiger partial charge is 0.465 e. The van der Waals surface area contributed by atoms with Crippen molar-refractivity contribution in [3.05, 3.63) is 84.5 Å². The minimum absolute atomic E-state index is 0.134. The highest BCUT2D eigenvalue weighted by molar-refractivity contribution is 5.89. The molecule has 3 rings (SSSR count). The van der Waals surface area contributed by atoms with Crippen LogP contribution in [0.3, 0.4) is 0 Å². The molecule has 0 spiro atoms. The normalized spacial score (nSPS) is 22.1. The molecule has 2 heterocycles. The lowest BCUT2D eigenvalue weighted by atomic mass is 9.88. The Kier molecular flexibility index (Phi) is 20.8. The van der Waals surface area contributed by atoms with Crippen molar-refractivity contribution < 1.29 is 28.5 Å². The van der Waals surface area contributed by atoms with Crippen molar-refractivity contribution in [1.82, 2.24) is 0 Å². The minimum Gasteiger partial charge on any atom is -0.465 e. The molecular weight excluding hydrogens is 673 g/mol. The molecule has 1 aromatic rings. The van der Waals surface area contributed by atoms with Gasteiger partial charge in [0.05, 0.1) is 48.6 Å². The van der Waals surface area contributed by atoms with Gasteiger partial charge in [-0.05, 0) is 159 Å². The fourth-order valence-electron chi connectivity index (χ4n) is 7.03. The summed E-state index contributed by atoms with van der Waals surface area (Å²) in [5.41, 5.74) is 5.14. The van der Waals surface area contributed by atoms with E-state index in [1.54, 1.807) is 12.1 Å². The van der Waals surface area contributed by atoms with Crippen molar-refractivity contribution in [2.75, 3.05) is 13.2 Å². The Hall–Kier alpha value is -2.96. The van der Waals surface area contributed by atoms with Crippen LogP contribution in [0.2, 0.25) is 0 Å². The Morgan fingerprint density at radius 2 is 1.15 bits per heavy atom. The van der Waals surface area contributed by atoms with Gasteiger partial charge in [-0.25, -0.2) is 4.79 Å². The first kappa shape index (κ1) is 47.2. The van der Waals surface area contributed by atoms with Gasteiger partial charge in [-0.15, -0.1) is 0 Å². The molecule has 2 aliphatic heterocycles. The van der Waals surface area contributed by atoms with Crippen molar-refractivity contribution in [2.45, 2.75) is 164 Å². The molecular formula is C48H76O6. The second-order valence-corrected chi connectivity index (χ2v) is 17.7. The molecule has 0 bridgehead atoms. The monoisotopic (exact) mass is 749 g/mol. The first-order chi connectivity index (χ1) is 25.4. The van der Waals surface area contributed by atoms with Gasteiger partial charge in [-0.3, -0.25) is 4.79 Å². The molecule has 2 aliphatic rings. The Bertz CT molecular complexity index is 1340. The average Bonchev–Trinajstić information content (AvgIpc) is 3.66. The number of ether oxygens (including phenoxy) is 4. The number of allylic oxidation sites excluding steroid dienone is 2. The number of carbonyl (C=O) groups is 2. The van der Waals surface area contributed by atoms with Gasteiger partial charge >= 0.3 is 11.9 Å². The van der Waals surface area contributed by atoms with Gasteiger partial charge in [0.15, 0.2) is 0 Å². The summed E-state index contributed by atoms with van der Waals surface area (Å²) in [4.78, 5) is 23.7. The zero-order valence-corrected chi connectivity index (χ0v) is 35.7. The van der Waals surface area contributed by atoms with E-state index >= 15 is 0 Å². The van der Waals surface area contributed by atoms with Crippen molar-refractivity contribution >= 4 is 11.9 Å². The molecule has 6 nitrogen and oxygen atoms in total. The highest BCUT2D eigenvalue weighted by Gasteiger charge is 2.30. The molecule has 54 heavy (non-hydrogen) atoms. The van der Waals surface area contributed by atoms with Crippen LogP contribution >= 0.6 is 0 Å². The van der Waals surface area contributed by atoms with Gasteiger partial charge in [0.1, 0.15) is 0 Å². The molecule has 0 amide bonds. The predicted octanol–water partition coefficient (Wildman–Crippen LogP) is 12.4. The summed E-state index contributed by atoms with van der Waals surface area (Å²) in [6.45, 7) is 36.5. The van der Waals surface area contributed by atoms with E-state index in [1.807, 2.05) is 39.0 Å². The topological polar surface area (TPSA) is 71.1 Å². The fourth-order valence-corrected chi connectivity index (χ4v) is 7.03. The Morgan fingerprint density at radius 3 is 1.56 bits per heavy atom. The lowest BCUT2D eigenvalue weighted by Gasteiger charge is -2.20. The summed E-state index contributed by atoms with van der Waals surface area (Å²) in [7, 11) is 0. The maximum Gasteiger partial charge on any atom is 0.338 e. The molecule has 6 heteroatoms. The third-order valence-electron chi connectivity index (χ3n) is 11.1. The third-order valence-corrected chi connectivity index (χ3v) is 11.1. The van der Waals surface area contributed by atoms with Crippen LogP contribution in [0.5, 0.6) is 0 Å². The number of benzene rings is 1. The van der Waals surface area contributed by atoms with E-state index in [2.05, 4.69) is 67.9 Å². The van der Waals surface area contributed by atoms with E-state index in [-0.39, 0.29) is 36.4 Å². The predicted molar refractivity (Wildman–Crippen MR) is 224 cm³/mol. The van der Waals surface area contributed by atoms with Crippen LogP contribution in [0, 0.1) is 29.1 Å². The lowest BCUT2D eigenvalue weighted by Crippen LogP contribution is -2.23. The summed E-state index contributed by atoms with van der Waals surface area (Å²) in [5.74, 6) is 2.11. The molecule has 0 radical (unpaired) electrons. The van der Waals surface area contributed by atoms with Crippen LogP contribution in [0.1, 0.15) is 150 Å². The maximum absolute atomic E-state index is 11.9. The molecule has 2 saturated heterocycles. The van der Waals surface area contributed by atoms with E-state index in [9.17, 15) is 9.59 Å². The van der Waals surface area contributed by atoms with Crippen LogP contribution in [-0.4, -0.2) is 49.6 Å². The van der Waals surface area contributed by atoms with Gasteiger partial charge < -0.3 is 18.9 Å². The first-order valence-corrected chi connectivity index (χ1v) is 20.7. The SMILES string of the molecule is C=C1C[C@H](CCCOC(=O)C(C)(C)C)OC1CC[C@@H](C)C[C@@H](C)C(=C)C.C=C1C[C@H](CCCOC(=O)c2ccccc2)OC1CC[C@@H](C)C[C@@H](C)C(=C)C. The maximum atomic E-state index is 11.9. The van der Waals surface area contributed by atoms with Crippen LogP contribution < -0.4 is 0 Å².